The van der Waals surface area contributed by atoms with Gasteiger partial charge in [-0.1, -0.05) is 6.07 Å². The molecule has 0 aliphatic rings. The SMILES string of the molecule is CC(Oc1cccc(N(C)C)c1)C(=O)c1ccc(F)cc1. The number of carbonyl (C=O) groups excluding carboxylic acids is 1. The van der Waals surface area contributed by atoms with E-state index in [1.54, 1.807) is 13.0 Å². The van der Waals surface area contributed by atoms with E-state index in [1.165, 1.54) is 24.3 Å². The molecule has 110 valence electrons. The van der Waals surface area contributed by atoms with Crippen LogP contribution in [-0.2, 0) is 0 Å². The Balaban J connectivity index is 2.10. The van der Waals surface area contributed by atoms with E-state index >= 15 is 0 Å². The number of Topliss-reactive ketones (excluding diaryl/α,β-unsaturated/α-hetero) is 1. The van der Waals surface area contributed by atoms with Crippen LogP contribution in [0.3, 0.4) is 0 Å². The minimum atomic E-state index is -0.632. The Morgan fingerprint density at radius 1 is 1.14 bits per heavy atom. The molecule has 0 fully saturated rings. The van der Waals surface area contributed by atoms with Crippen molar-refractivity contribution < 1.29 is 13.9 Å². The molecule has 0 saturated carbocycles. The summed E-state index contributed by atoms with van der Waals surface area (Å²) in [5, 5.41) is 0. The predicted molar refractivity (Wildman–Crippen MR) is 81.6 cm³/mol. The third kappa shape index (κ3) is 3.81. The van der Waals surface area contributed by atoms with Gasteiger partial charge in [0.2, 0.25) is 5.78 Å². The molecule has 0 radical (unpaired) electrons. The smallest absolute Gasteiger partial charge is 0.202 e. The first-order chi connectivity index (χ1) is 9.97. The predicted octanol–water partition coefficient (Wildman–Crippen LogP) is 3.54. The summed E-state index contributed by atoms with van der Waals surface area (Å²) in [4.78, 5) is 14.2. The van der Waals surface area contributed by atoms with Crippen molar-refractivity contribution in [3.8, 4) is 5.75 Å². The summed E-state index contributed by atoms with van der Waals surface area (Å²) >= 11 is 0. The molecule has 0 heterocycles. The van der Waals surface area contributed by atoms with Gasteiger partial charge in [0.15, 0.2) is 6.10 Å². The van der Waals surface area contributed by atoms with Crippen LogP contribution in [0.5, 0.6) is 5.75 Å². The van der Waals surface area contributed by atoms with Crippen LogP contribution < -0.4 is 9.64 Å². The second-order valence-electron chi connectivity index (χ2n) is 5.02. The molecule has 0 spiro atoms. The van der Waals surface area contributed by atoms with Crippen molar-refractivity contribution in [3.63, 3.8) is 0 Å². The molecule has 0 N–H and O–H groups in total. The van der Waals surface area contributed by atoms with Crippen molar-refractivity contribution in [2.45, 2.75) is 13.0 Å². The van der Waals surface area contributed by atoms with Gasteiger partial charge in [0.25, 0.3) is 0 Å². The molecule has 3 nitrogen and oxygen atoms in total. The summed E-state index contributed by atoms with van der Waals surface area (Å²) < 4.78 is 18.6. The molecule has 2 aromatic rings. The second kappa shape index (κ2) is 6.39. The topological polar surface area (TPSA) is 29.5 Å². The summed E-state index contributed by atoms with van der Waals surface area (Å²) in [6.45, 7) is 1.69. The lowest BCUT2D eigenvalue weighted by Gasteiger charge is -2.17. The summed E-state index contributed by atoms with van der Waals surface area (Å²) in [6, 6.07) is 13.0. The molecule has 0 amide bonds. The number of rotatable bonds is 5. The summed E-state index contributed by atoms with van der Waals surface area (Å²) in [6.07, 6.45) is -0.632. The van der Waals surface area contributed by atoms with Crippen molar-refractivity contribution in [1.29, 1.82) is 0 Å². The highest BCUT2D eigenvalue weighted by Crippen LogP contribution is 2.21. The number of benzene rings is 2. The maximum Gasteiger partial charge on any atom is 0.202 e. The first kappa shape index (κ1) is 15.0. The molecule has 21 heavy (non-hydrogen) atoms. The number of ketones is 1. The number of ether oxygens (including phenoxy) is 1. The Morgan fingerprint density at radius 2 is 1.81 bits per heavy atom. The number of hydrogen-bond donors (Lipinski definition) is 0. The zero-order valence-corrected chi connectivity index (χ0v) is 12.3. The number of halogens is 1. The first-order valence-corrected chi connectivity index (χ1v) is 6.71. The Labute approximate surface area is 124 Å². The van der Waals surface area contributed by atoms with Crippen LogP contribution >= 0.6 is 0 Å². The molecule has 4 heteroatoms. The Kier molecular flexibility index (Phi) is 4.58. The Bertz CT molecular complexity index is 623. The van der Waals surface area contributed by atoms with Gasteiger partial charge < -0.3 is 9.64 Å². The third-order valence-electron chi connectivity index (χ3n) is 3.14. The van der Waals surface area contributed by atoms with Crippen LogP contribution in [0.1, 0.15) is 17.3 Å². The molecule has 1 atom stereocenters. The van der Waals surface area contributed by atoms with E-state index in [1.807, 2.05) is 37.2 Å². The van der Waals surface area contributed by atoms with Crippen LogP contribution in [0.15, 0.2) is 48.5 Å². The van der Waals surface area contributed by atoms with E-state index in [0.717, 1.165) is 5.69 Å². The van der Waals surface area contributed by atoms with Gasteiger partial charge >= 0.3 is 0 Å². The van der Waals surface area contributed by atoms with Gasteiger partial charge in [-0.2, -0.15) is 0 Å². The first-order valence-electron chi connectivity index (χ1n) is 6.71. The van der Waals surface area contributed by atoms with E-state index in [9.17, 15) is 9.18 Å². The van der Waals surface area contributed by atoms with Gasteiger partial charge in [-0.05, 0) is 43.3 Å². The lowest BCUT2D eigenvalue weighted by atomic mass is 10.1. The van der Waals surface area contributed by atoms with Crippen LogP contribution in [-0.4, -0.2) is 26.0 Å². The molecule has 2 aromatic carbocycles. The van der Waals surface area contributed by atoms with Gasteiger partial charge in [-0.3, -0.25) is 4.79 Å². The van der Waals surface area contributed by atoms with Crippen LogP contribution in [0.4, 0.5) is 10.1 Å². The van der Waals surface area contributed by atoms with Crippen LogP contribution in [0.2, 0.25) is 0 Å². The largest absolute Gasteiger partial charge is 0.482 e. The number of nitrogens with zero attached hydrogens (tertiary/aromatic N) is 1. The van der Waals surface area contributed by atoms with E-state index < -0.39 is 6.10 Å². The number of carbonyl (C=O) groups is 1. The van der Waals surface area contributed by atoms with Gasteiger partial charge in [-0.15, -0.1) is 0 Å². The van der Waals surface area contributed by atoms with Gasteiger partial charge in [-0.25, -0.2) is 4.39 Å². The van der Waals surface area contributed by atoms with Crippen molar-refractivity contribution >= 4 is 11.5 Å². The molecular weight excluding hydrogens is 269 g/mol. The highest BCUT2D eigenvalue weighted by molar-refractivity contribution is 5.99. The molecule has 1 unspecified atom stereocenters. The standard InChI is InChI=1S/C17H18FNO2/c1-12(17(20)13-7-9-14(18)10-8-13)21-16-6-4-5-15(11-16)19(2)3/h4-12H,1-3H3. The third-order valence-corrected chi connectivity index (χ3v) is 3.14. The fourth-order valence-corrected chi connectivity index (χ4v) is 1.94. The van der Waals surface area contributed by atoms with E-state index in [2.05, 4.69) is 0 Å². The average molecular weight is 287 g/mol. The normalized spacial score (nSPS) is 11.8. The van der Waals surface area contributed by atoms with Crippen molar-refractivity contribution in [2.24, 2.45) is 0 Å². The number of hydrogen-bond acceptors (Lipinski definition) is 3. The minimum absolute atomic E-state index is 0.176. The van der Waals surface area contributed by atoms with Crippen molar-refractivity contribution in [1.82, 2.24) is 0 Å². The number of anilines is 1. The van der Waals surface area contributed by atoms with Crippen molar-refractivity contribution in [2.75, 3.05) is 19.0 Å². The van der Waals surface area contributed by atoms with Gasteiger partial charge in [0, 0.05) is 31.4 Å². The van der Waals surface area contributed by atoms with Crippen LogP contribution in [0.25, 0.3) is 0 Å². The maximum atomic E-state index is 12.9. The summed E-state index contributed by atoms with van der Waals surface area (Å²) in [5.74, 6) is 0.0909. The highest BCUT2D eigenvalue weighted by Gasteiger charge is 2.17. The molecule has 0 aromatic heterocycles. The molecule has 0 saturated heterocycles. The van der Waals surface area contributed by atoms with Gasteiger partial charge in [0.05, 0.1) is 0 Å². The molecule has 0 bridgehead atoms. The monoisotopic (exact) mass is 287 g/mol. The maximum absolute atomic E-state index is 12.9. The molecular formula is C17H18FNO2. The van der Waals surface area contributed by atoms with E-state index in [0.29, 0.717) is 11.3 Å². The fourth-order valence-electron chi connectivity index (χ4n) is 1.94. The summed E-state index contributed by atoms with van der Waals surface area (Å²) in [5.41, 5.74) is 1.43. The Morgan fingerprint density at radius 3 is 2.43 bits per heavy atom. The lowest BCUT2D eigenvalue weighted by molar-refractivity contribution is 0.0818. The summed E-state index contributed by atoms with van der Waals surface area (Å²) in [7, 11) is 3.87. The van der Waals surface area contributed by atoms with Gasteiger partial charge in [0.1, 0.15) is 11.6 Å². The minimum Gasteiger partial charge on any atom is -0.482 e. The zero-order chi connectivity index (χ0) is 15.4. The fraction of sp³-hybridized carbons (Fsp3) is 0.235. The zero-order valence-electron chi connectivity index (χ0n) is 12.3. The molecule has 0 aliphatic carbocycles. The van der Waals surface area contributed by atoms with Crippen LogP contribution in [0, 0.1) is 5.82 Å². The molecule has 2 rings (SSSR count). The quantitative estimate of drug-likeness (QED) is 0.788. The highest BCUT2D eigenvalue weighted by atomic mass is 19.1. The van der Waals surface area contributed by atoms with E-state index in [-0.39, 0.29) is 11.6 Å². The molecule has 0 aliphatic heterocycles. The lowest BCUT2D eigenvalue weighted by Crippen LogP contribution is -2.24. The average Bonchev–Trinajstić information content (AvgIpc) is 2.47. The van der Waals surface area contributed by atoms with E-state index in [4.69, 9.17) is 4.74 Å². The van der Waals surface area contributed by atoms with Crippen molar-refractivity contribution in [3.05, 3.63) is 59.9 Å². The Hall–Kier alpha value is -2.36. The second-order valence-corrected chi connectivity index (χ2v) is 5.02.